The quantitative estimate of drug-likeness (QED) is 0.578. The third-order valence-corrected chi connectivity index (χ3v) is 6.22. The summed E-state index contributed by atoms with van der Waals surface area (Å²) in [5.74, 6) is -0.161. The Morgan fingerprint density at radius 2 is 1.88 bits per heavy atom. The molecule has 0 spiro atoms. The summed E-state index contributed by atoms with van der Waals surface area (Å²) >= 11 is 0. The number of hydrogen-bond donors (Lipinski definition) is 1. The molecule has 33 heavy (non-hydrogen) atoms. The number of hydrogen-bond acceptors (Lipinski definition) is 5. The molecule has 2 aliphatic heterocycles. The van der Waals surface area contributed by atoms with Gasteiger partial charge in [-0.1, -0.05) is 12.1 Å². The van der Waals surface area contributed by atoms with Crippen molar-refractivity contribution in [3.05, 3.63) is 69.8 Å². The van der Waals surface area contributed by atoms with Crippen LogP contribution in [0.5, 0.6) is 0 Å². The molecule has 1 fully saturated rings. The zero-order valence-electron chi connectivity index (χ0n) is 18.3. The van der Waals surface area contributed by atoms with Gasteiger partial charge in [0.15, 0.2) is 0 Å². The minimum Gasteiger partial charge on any atom is -0.383 e. The van der Waals surface area contributed by atoms with Crippen molar-refractivity contribution in [2.24, 2.45) is 0 Å². The lowest BCUT2D eigenvalue weighted by Crippen LogP contribution is -2.37. The van der Waals surface area contributed by atoms with Crippen molar-refractivity contribution >= 4 is 28.2 Å². The highest BCUT2D eigenvalue weighted by molar-refractivity contribution is 5.86. The van der Waals surface area contributed by atoms with Gasteiger partial charge in [-0.05, 0) is 60.9 Å². The van der Waals surface area contributed by atoms with E-state index < -0.39 is 5.82 Å². The summed E-state index contributed by atoms with van der Waals surface area (Å²) in [7, 11) is 0. The molecule has 8 heteroatoms. The van der Waals surface area contributed by atoms with Gasteiger partial charge in [0.1, 0.15) is 17.5 Å². The van der Waals surface area contributed by atoms with Gasteiger partial charge in [-0.25, -0.2) is 13.8 Å². The lowest BCUT2D eigenvalue weighted by molar-refractivity contribution is 0.0378. The molecular formula is C25H26F2N4O2. The van der Waals surface area contributed by atoms with Crippen LogP contribution in [0.4, 0.5) is 14.5 Å². The van der Waals surface area contributed by atoms with Gasteiger partial charge in [-0.2, -0.15) is 0 Å². The molecule has 0 atom stereocenters. The lowest BCUT2D eigenvalue weighted by atomic mass is 10.1. The van der Waals surface area contributed by atoms with Gasteiger partial charge >= 0.3 is 0 Å². The van der Waals surface area contributed by atoms with Crippen LogP contribution in [0, 0.1) is 11.6 Å². The first kappa shape index (κ1) is 21.7. The van der Waals surface area contributed by atoms with Crippen molar-refractivity contribution in [1.82, 2.24) is 14.5 Å². The van der Waals surface area contributed by atoms with E-state index in [1.807, 2.05) is 6.08 Å². The molecule has 5 rings (SSSR count). The Labute approximate surface area is 190 Å². The largest absolute Gasteiger partial charge is 0.383 e. The fraction of sp³-hybridized carbons (Fsp3) is 0.360. The van der Waals surface area contributed by atoms with Crippen LogP contribution in [0.2, 0.25) is 0 Å². The zero-order chi connectivity index (χ0) is 22.8. The summed E-state index contributed by atoms with van der Waals surface area (Å²) in [4.78, 5) is 20.0. The molecule has 6 nitrogen and oxygen atoms in total. The molecule has 1 saturated heterocycles. The minimum atomic E-state index is -0.451. The molecule has 1 N–H and O–H groups in total. The summed E-state index contributed by atoms with van der Waals surface area (Å²) < 4.78 is 34.9. The van der Waals surface area contributed by atoms with Crippen molar-refractivity contribution < 1.29 is 13.5 Å². The predicted molar refractivity (Wildman–Crippen MR) is 125 cm³/mol. The molecule has 0 bridgehead atoms. The molecular weight excluding hydrogens is 426 g/mol. The predicted octanol–water partition coefficient (Wildman–Crippen LogP) is 3.75. The Balaban J connectivity index is 1.37. The van der Waals surface area contributed by atoms with Crippen LogP contribution in [0.1, 0.15) is 24.2 Å². The number of morpholine rings is 1. The Morgan fingerprint density at radius 3 is 2.67 bits per heavy atom. The third kappa shape index (κ3) is 4.67. The Kier molecular flexibility index (Phi) is 6.20. The van der Waals surface area contributed by atoms with Gasteiger partial charge in [0.05, 0.1) is 29.8 Å². The van der Waals surface area contributed by atoms with Crippen molar-refractivity contribution in [2.45, 2.75) is 19.4 Å². The van der Waals surface area contributed by atoms with Crippen LogP contribution >= 0.6 is 0 Å². The SMILES string of the molecule is O=c1c2cc(F)c(NCCCN3CCOCC3)cc2nc2n1CC/C2=C\c1ccc(F)cc1. The second-order valence-corrected chi connectivity index (χ2v) is 8.45. The van der Waals surface area contributed by atoms with Gasteiger partial charge in [0.25, 0.3) is 5.56 Å². The number of nitrogens with one attached hydrogen (secondary N) is 1. The smallest absolute Gasteiger partial charge is 0.261 e. The molecule has 0 aliphatic carbocycles. The fourth-order valence-corrected chi connectivity index (χ4v) is 4.42. The first-order valence-electron chi connectivity index (χ1n) is 11.3. The van der Waals surface area contributed by atoms with Gasteiger partial charge in [-0.15, -0.1) is 0 Å². The first-order chi connectivity index (χ1) is 16.1. The van der Waals surface area contributed by atoms with E-state index in [0.717, 1.165) is 50.4 Å². The summed E-state index contributed by atoms with van der Waals surface area (Å²) in [6, 6.07) is 9.10. The molecule has 3 aromatic rings. The molecule has 3 heterocycles. The number of rotatable bonds is 6. The second kappa shape index (κ2) is 9.41. The van der Waals surface area contributed by atoms with E-state index in [2.05, 4.69) is 10.2 Å². The van der Waals surface area contributed by atoms with Crippen LogP contribution in [0.15, 0.2) is 41.2 Å². The van der Waals surface area contributed by atoms with Crippen molar-refractivity contribution in [1.29, 1.82) is 0 Å². The number of fused-ring (bicyclic) bond motifs is 2. The number of ether oxygens (including phenoxy) is 1. The molecule has 0 saturated carbocycles. The van der Waals surface area contributed by atoms with Gasteiger partial charge in [-0.3, -0.25) is 14.3 Å². The number of nitrogens with zero attached hydrogens (tertiary/aromatic N) is 3. The van der Waals surface area contributed by atoms with E-state index in [4.69, 9.17) is 9.72 Å². The maximum Gasteiger partial charge on any atom is 0.261 e. The standard InChI is InChI=1S/C25H26F2N4O2/c26-19-4-2-17(3-5-19)14-18-6-9-31-24(18)29-22-16-23(21(27)15-20(22)25(31)32)28-7-1-8-30-10-12-33-13-11-30/h2-5,14-16,28H,1,6-13H2/b18-14+. The van der Waals surface area contributed by atoms with Gasteiger partial charge < -0.3 is 10.1 Å². The van der Waals surface area contributed by atoms with Gasteiger partial charge in [0, 0.05) is 26.2 Å². The number of aromatic nitrogens is 2. The molecule has 0 unspecified atom stereocenters. The summed E-state index contributed by atoms with van der Waals surface area (Å²) in [5.41, 5.74) is 2.33. The van der Waals surface area contributed by atoms with Crippen LogP contribution in [0.25, 0.3) is 22.6 Å². The average molecular weight is 453 g/mol. The van der Waals surface area contributed by atoms with E-state index in [1.165, 1.54) is 18.2 Å². The molecule has 0 radical (unpaired) electrons. The summed E-state index contributed by atoms with van der Waals surface area (Å²) in [5, 5.41) is 3.43. The third-order valence-electron chi connectivity index (χ3n) is 6.22. The monoisotopic (exact) mass is 452 g/mol. The average Bonchev–Trinajstić information content (AvgIpc) is 3.22. The lowest BCUT2D eigenvalue weighted by Gasteiger charge is -2.26. The molecule has 2 aliphatic rings. The Hall–Kier alpha value is -3.10. The zero-order valence-corrected chi connectivity index (χ0v) is 18.3. The number of benzene rings is 2. The van der Waals surface area contributed by atoms with E-state index >= 15 is 0 Å². The molecule has 172 valence electrons. The Morgan fingerprint density at radius 1 is 1.09 bits per heavy atom. The highest BCUT2D eigenvalue weighted by atomic mass is 19.1. The van der Waals surface area contributed by atoms with Crippen molar-refractivity contribution in [3.63, 3.8) is 0 Å². The highest BCUT2D eigenvalue weighted by Crippen LogP contribution is 2.29. The van der Waals surface area contributed by atoms with Crippen molar-refractivity contribution in [2.75, 3.05) is 44.7 Å². The van der Waals surface area contributed by atoms with Crippen LogP contribution < -0.4 is 10.9 Å². The van der Waals surface area contributed by atoms with Crippen molar-refractivity contribution in [3.8, 4) is 0 Å². The minimum absolute atomic E-state index is 0.240. The van der Waals surface area contributed by atoms with E-state index in [9.17, 15) is 13.6 Å². The summed E-state index contributed by atoms with van der Waals surface area (Å²) in [6.45, 7) is 5.42. The number of halogens is 2. The second-order valence-electron chi connectivity index (χ2n) is 8.45. The van der Waals surface area contributed by atoms with Crippen LogP contribution in [-0.2, 0) is 11.3 Å². The van der Waals surface area contributed by atoms with Crippen LogP contribution in [0.3, 0.4) is 0 Å². The van der Waals surface area contributed by atoms with E-state index in [0.29, 0.717) is 36.5 Å². The molecule has 0 amide bonds. The molecule has 1 aromatic heterocycles. The summed E-state index contributed by atoms with van der Waals surface area (Å²) in [6.07, 6.45) is 3.44. The van der Waals surface area contributed by atoms with Crippen LogP contribution in [-0.4, -0.2) is 53.8 Å². The van der Waals surface area contributed by atoms with E-state index in [-0.39, 0.29) is 16.8 Å². The fourth-order valence-electron chi connectivity index (χ4n) is 4.42. The van der Waals surface area contributed by atoms with E-state index in [1.54, 1.807) is 22.8 Å². The molecule has 2 aromatic carbocycles. The maximum atomic E-state index is 14.7. The first-order valence-corrected chi connectivity index (χ1v) is 11.3. The highest BCUT2D eigenvalue weighted by Gasteiger charge is 2.22. The number of allylic oxidation sites excluding steroid dienone is 1. The normalized spacial score (nSPS) is 17.6. The Bertz CT molecular complexity index is 1250. The van der Waals surface area contributed by atoms with Gasteiger partial charge in [0.2, 0.25) is 0 Å². The topological polar surface area (TPSA) is 59.4 Å². The maximum absolute atomic E-state index is 14.7. The number of anilines is 1.